The first-order valence-electron chi connectivity index (χ1n) is 8.59. The molecule has 2 heterocycles. The molecular weight excluding hydrogens is 278 g/mol. The van der Waals surface area contributed by atoms with Crippen molar-refractivity contribution in [2.45, 2.75) is 58.4 Å². The number of nitrogens with zero attached hydrogens (tertiary/aromatic N) is 2. The summed E-state index contributed by atoms with van der Waals surface area (Å²) in [7, 11) is 0. The average Bonchev–Trinajstić information content (AvgIpc) is 3.02. The molecule has 1 fully saturated rings. The standard InChI is InChI=1S/C17H29N3S/c1-4-18-17(8-10-20(11-9-17)12-13(2)3)16-19-14-6-5-7-15(14)21-16/h13,18H,4-12H2,1-3H3. The van der Waals surface area contributed by atoms with Crippen molar-refractivity contribution in [3.8, 4) is 0 Å². The first-order chi connectivity index (χ1) is 10.1. The van der Waals surface area contributed by atoms with Crippen molar-refractivity contribution in [3.05, 3.63) is 15.6 Å². The molecule has 0 aromatic carbocycles. The summed E-state index contributed by atoms with van der Waals surface area (Å²) in [5, 5.41) is 5.17. The Morgan fingerprint density at radius 1 is 1.29 bits per heavy atom. The maximum absolute atomic E-state index is 5.03. The highest BCUT2D eigenvalue weighted by molar-refractivity contribution is 7.12. The average molecular weight is 308 g/mol. The number of piperidine rings is 1. The Labute approximate surface area is 133 Å². The van der Waals surface area contributed by atoms with E-state index in [2.05, 4.69) is 31.0 Å². The third-order valence-electron chi connectivity index (χ3n) is 4.85. The minimum atomic E-state index is 0.150. The molecule has 21 heavy (non-hydrogen) atoms. The van der Waals surface area contributed by atoms with Gasteiger partial charge in [0.1, 0.15) is 5.01 Å². The number of hydrogen-bond acceptors (Lipinski definition) is 4. The highest BCUT2D eigenvalue weighted by Crippen LogP contribution is 2.39. The quantitative estimate of drug-likeness (QED) is 0.905. The Kier molecular flexibility index (Phi) is 4.67. The summed E-state index contributed by atoms with van der Waals surface area (Å²) in [6.45, 7) is 11.5. The number of aromatic nitrogens is 1. The fourth-order valence-corrected chi connectivity index (χ4v) is 5.21. The van der Waals surface area contributed by atoms with Gasteiger partial charge in [-0.05, 0) is 44.6 Å². The zero-order chi connectivity index (χ0) is 14.9. The minimum absolute atomic E-state index is 0.150. The number of aryl methyl sites for hydroxylation is 2. The molecule has 1 aliphatic carbocycles. The lowest BCUT2D eigenvalue weighted by atomic mass is 9.87. The summed E-state index contributed by atoms with van der Waals surface area (Å²) in [5.41, 5.74) is 1.55. The number of likely N-dealkylation sites (tertiary alicyclic amines) is 1. The van der Waals surface area contributed by atoms with E-state index in [1.807, 2.05) is 11.3 Å². The molecule has 0 atom stereocenters. The Morgan fingerprint density at radius 2 is 2.05 bits per heavy atom. The molecule has 0 bridgehead atoms. The van der Waals surface area contributed by atoms with E-state index in [0.29, 0.717) is 0 Å². The van der Waals surface area contributed by atoms with E-state index < -0.39 is 0 Å². The van der Waals surface area contributed by atoms with E-state index in [1.165, 1.54) is 62.4 Å². The second-order valence-electron chi connectivity index (χ2n) is 7.05. The number of fused-ring (bicyclic) bond motifs is 1. The topological polar surface area (TPSA) is 28.2 Å². The molecule has 1 saturated heterocycles. The predicted molar refractivity (Wildman–Crippen MR) is 90.0 cm³/mol. The lowest BCUT2D eigenvalue weighted by Crippen LogP contribution is -2.51. The molecule has 1 aromatic heterocycles. The lowest BCUT2D eigenvalue weighted by Gasteiger charge is -2.41. The van der Waals surface area contributed by atoms with Crippen LogP contribution in [0, 0.1) is 5.92 Å². The normalized spacial score (nSPS) is 21.9. The highest BCUT2D eigenvalue weighted by Gasteiger charge is 2.39. The molecule has 0 saturated carbocycles. The first-order valence-corrected chi connectivity index (χ1v) is 9.41. The largest absolute Gasteiger partial charge is 0.306 e. The number of hydrogen-bond donors (Lipinski definition) is 1. The smallest absolute Gasteiger partial charge is 0.113 e. The van der Waals surface area contributed by atoms with Crippen molar-refractivity contribution < 1.29 is 0 Å². The monoisotopic (exact) mass is 307 g/mol. The molecule has 2 aliphatic rings. The predicted octanol–water partition coefficient (Wildman–Crippen LogP) is 3.19. The van der Waals surface area contributed by atoms with Crippen molar-refractivity contribution in [2.24, 2.45) is 5.92 Å². The fraction of sp³-hybridized carbons (Fsp3) is 0.824. The van der Waals surface area contributed by atoms with Crippen molar-refractivity contribution in [1.82, 2.24) is 15.2 Å². The van der Waals surface area contributed by atoms with Gasteiger partial charge < -0.3 is 10.2 Å². The van der Waals surface area contributed by atoms with Crippen LogP contribution in [0.1, 0.15) is 55.6 Å². The van der Waals surface area contributed by atoms with Gasteiger partial charge in [0.05, 0.1) is 11.2 Å². The molecule has 3 rings (SSSR count). The molecule has 3 nitrogen and oxygen atoms in total. The summed E-state index contributed by atoms with van der Waals surface area (Å²) >= 11 is 1.99. The van der Waals surface area contributed by atoms with Crippen molar-refractivity contribution >= 4 is 11.3 Å². The van der Waals surface area contributed by atoms with Crippen LogP contribution < -0.4 is 5.32 Å². The van der Waals surface area contributed by atoms with Crippen molar-refractivity contribution in [1.29, 1.82) is 0 Å². The molecule has 0 unspecified atom stereocenters. The van der Waals surface area contributed by atoms with E-state index >= 15 is 0 Å². The van der Waals surface area contributed by atoms with Crippen LogP contribution in [0.25, 0.3) is 0 Å². The van der Waals surface area contributed by atoms with E-state index in [-0.39, 0.29) is 5.54 Å². The molecule has 0 radical (unpaired) electrons. The van der Waals surface area contributed by atoms with Crippen LogP contribution in [-0.2, 0) is 18.4 Å². The summed E-state index contributed by atoms with van der Waals surface area (Å²) in [6, 6.07) is 0. The van der Waals surface area contributed by atoms with Crippen molar-refractivity contribution in [2.75, 3.05) is 26.2 Å². The van der Waals surface area contributed by atoms with Gasteiger partial charge in [-0.15, -0.1) is 11.3 Å². The number of nitrogens with one attached hydrogen (secondary N) is 1. The molecule has 1 aliphatic heterocycles. The second kappa shape index (κ2) is 6.35. The SMILES string of the molecule is CCNC1(c2nc3c(s2)CCC3)CCN(CC(C)C)CC1. The first kappa shape index (κ1) is 15.4. The van der Waals surface area contributed by atoms with E-state index in [9.17, 15) is 0 Å². The number of thiazole rings is 1. The molecule has 1 N–H and O–H groups in total. The van der Waals surface area contributed by atoms with Gasteiger partial charge in [0.15, 0.2) is 0 Å². The van der Waals surface area contributed by atoms with Crippen LogP contribution in [0.5, 0.6) is 0 Å². The zero-order valence-corrected chi connectivity index (χ0v) is 14.6. The Balaban J connectivity index is 1.74. The van der Waals surface area contributed by atoms with Crippen LogP contribution in [0.15, 0.2) is 0 Å². The van der Waals surface area contributed by atoms with Gasteiger partial charge in [-0.25, -0.2) is 4.98 Å². The van der Waals surface area contributed by atoms with Gasteiger partial charge in [0.25, 0.3) is 0 Å². The summed E-state index contributed by atoms with van der Waals surface area (Å²) in [5.74, 6) is 0.764. The maximum Gasteiger partial charge on any atom is 0.113 e. The van der Waals surface area contributed by atoms with Gasteiger partial charge in [-0.3, -0.25) is 0 Å². The van der Waals surface area contributed by atoms with Crippen LogP contribution in [-0.4, -0.2) is 36.1 Å². The zero-order valence-electron chi connectivity index (χ0n) is 13.7. The Bertz CT molecular complexity index is 451. The molecule has 0 spiro atoms. The van der Waals surface area contributed by atoms with E-state index in [0.717, 1.165) is 12.5 Å². The van der Waals surface area contributed by atoms with Crippen LogP contribution in [0.3, 0.4) is 0 Å². The number of rotatable bonds is 5. The maximum atomic E-state index is 5.03. The Hall–Kier alpha value is -0.450. The lowest BCUT2D eigenvalue weighted by molar-refractivity contribution is 0.124. The molecule has 4 heteroatoms. The summed E-state index contributed by atoms with van der Waals surface area (Å²) < 4.78 is 0. The van der Waals surface area contributed by atoms with Gasteiger partial charge in [0.2, 0.25) is 0 Å². The van der Waals surface area contributed by atoms with E-state index in [1.54, 1.807) is 4.88 Å². The van der Waals surface area contributed by atoms with Gasteiger partial charge in [0, 0.05) is 24.5 Å². The van der Waals surface area contributed by atoms with Crippen LogP contribution >= 0.6 is 11.3 Å². The fourth-order valence-electron chi connectivity index (χ4n) is 3.83. The van der Waals surface area contributed by atoms with Gasteiger partial charge >= 0.3 is 0 Å². The molecule has 1 aromatic rings. The third kappa shape index (κ3) is 3.17. The Morgan fingerprint density at radius 3 is 2.67 bits per heavy atom. The molecule has 118 valence electrons. The minimum Gasteiger partial charge on any atom is -0.306 e. The summed E-state index contributed by atoms with van der Waals surface area (Å²) in [4.78, 5) is 9.22. The highest BCUT2D eigenvalue weighted by atomic mass is 32.1. The third-order valence-corrected chi connectivity index (χ3v) is 6.21. The van der Waals surface area contributed by atoms with Crippen LogP contribution in [0.4, 0.5) is 0 Å². The summed E-state index contributed by atoms with van der Waals surface area (Å²) in [6.07, 6.45) is 6.19. The van der Waals surface area contributed by atoms with E-state index in [4.69, 9.17) is 4.98 Å². The van der Waals surface area contributed by atoms with Gasteiger partial charge in [-0.1, -0.05) is 20.8 Å². The second-order valence-corrected chi connectivity index (χ2v) is 8.13. The molecule has 0 amide bonds. The van der Waals surface area contributed by atoms with Gasteiger partial charge in [-0.2, -0.15) is 0 Å². The van der Waals surface area contributed by atoms with Crippen molar-refractivity contribution in [3.63, 3.8) is 0 Å². The van der Waals surface area contributed by atoms with Crippen LogP contribution in [0.2, 0.25) is 0 Å². The molecular formula is C17H29N3S.